The Morgan fingerprint density at radius 1 is 1.03 bits per heavy atom. The number of anilines is 2. The lowest BCUT2D eigenvalue weighted by Gasteiger charge is -2.39. The number of piperazine rings is 1. The molecule has 4 rings (SSSR count). The summed E-state index contributed by atoms with van der Waals surface area (Å²) in [5.74, 6) is 1.12. The van der Waals surface area contributed by atoms with E-state index in [0.29, 0.717) is 5.95 Å². The van der Waals surface area contributed by atoms with E-state index in [1.807, 2.05) is 24.4 Å². The van der Waals surface area contributed by atoms with E-state index < -0.39 is 5.82 Å². The Morgan fingerprint density at radius 2 is 1.76 bits per heavy atom. The van der Waals surface area contributed by atoms with Crippen molar-refractivity contribution in [3.05, 3.63) is 54.7 Å². The maximum absolute atomic E-state index is 13.1. The van der Waals surface area contributed by atoms with E-state index in [9.17, 15) is 4.39 Å². The van der Waals surface area contributed by atoms with Gasteiger partial charge in [0.15, 0.2) is 5.82 Å². The molecule has 8 heteroatoms. The summed E-state index contributed by atoms with van der Waals surface area (Å²) in [4.78, 5) is 17.4. The molecule has 3 aromatic rings. The minimum Gasteiger partial charge on any atom is -0.354 e. The normalized spacial score (nSPS) is 15.7. The fourth-order valence-electron chi connectivity index (χ4n) is 3.71. The summed E-state index contributed by atoms with van der Waals surface area (Å²) in [6.07, 6.45) is 6.66. The first-order chi connectivity index (χ1) is 13.7. The SMILES string of the molecule is Br.CCCC(Nc1nccc2ccccc12)N1CCN(c2ncc(F)cn2)CC1. The van der Waals surface area contributed by atoms with Crippen LogP contribution < -0.4 is 10.2 Å². The molecule has 0 radical (unpaired) electrons. The van der Waals surface area contributed by atoms with Crippen molar-refractivity contribution >= 4 is 39.5 Å². The number of rotatable bonds is 6. The number of aromatic nitrogens is 3. The van der Waals surface area contributed by atoms with E-state index >= 15 is 0 Å². The third kappa shape index (κ3) is 5.00. The molecule has 2 aromatic heterocycles. The van der Waals surface area contributed by atoms with Crippen molar-refractivity contribution < 1.29 is 4.39 Å². The van der Waals surface area contributed by atoms with Gasteiger partial charge in [-0.25, -0.2) is 19.3 Å². The third-order valence-corrected chi connectivity index (χ3v) is 5.18. The van der Waals surface area contributed by atoms with Crippen LogP contribution in [0, 0.1) is 5.82 Å². The highest BCUT2D eigenvalue weighted by atomic mass is 79.9. The maximum atomic E-state index is 13.1. The number of hydrogen-bond acceptors (Lipinski definition) is 6. The Bertz CT molecular complexity index is 909. The molecule has 3 heterocycles. The van der Waals surface area contributed by atoms with Crippen molar-refractivity contribution in [3.63, 3.8) is 0 Å². The molecule has 1 aliphatic heterocycles. The predicted molar refractivity (Wildman–Crippen MR) is 120 cm³/mol. The summed E-state index contributed by atoms with van der Waals surface area (Å²) in [5, 5.41) is 6.00. The standard InChI is InChI=1S/C21H25FN6.BrH/c1-2-5-19(26-20-18-7-4-3-6-16(18)8-9-23-20)27-10-12-28(13-11-27)21-24-14-17(22)15-25-21;/h3-4,6-9,14-15,19H,2,5,10-13H2,1H3,(H,23,26);1H. The van der Waals surface area contributed by atoms with E-state index in [-0.39, 0.29) is 23.1 Å². The van der Waals surface area contributed by atoms with Gasteiger partial charge in [-0.2, -0.15) is 0 Å². The largest absolute Gasteiger partial charge is 0.354 e. The lowest BCUT2D eigenvalue weighted by Crippen LogP contribution is -2.53. The van der Waals surface area contributed by atoms with Gasteiger partial charge in [0.25, 0.3) is 0 Å². The minimum absolute atomic E-state index is 0. The first-order valence-corrected chi connectivity index (χ1v) is 9.81. The molecule has 0 aliphatic carbocycles. The van der Waals surface area contributed by atoms with E-state index in [1.165, 1.54) is 17.8 Å². The number of nitrogens with one attached hydrogen (secondary N) is 1. The molecule has 29 heavy (non-hydrogen) atoms. The van der Waals surface area contributed by atoms with Crippen molar-refractivity contribution in [3.8, 4) is 0 Å². The fourth-order valence-corrected chi connectivity index (χ4v) is 3.71. The Balaban J connectivity index is 0.00000240. The molecular formula is C21H26BrFN6. The predicted octanol–water partition coefficient (Wildman–Crippen LogP) is 4.10. The number of fused-ring (bicyclic) bond motifs is 1. The molecule has 0 saturated carbocycles. The highest BCUT2D eigenvalue weighted by Crippen LogP contribution is 2.23. The molecule has 6 nitrogen and oxygen atoms in total. The summed E-state index contributed by atoms with van der Waals surface area (Å²) in [5.41, 5.74) is 0. The summed E-state index contributed by atoms with van der Waals surface area (Å²) in [6.45, 7) is 5.62. The van der Waals surface area contributed by atoms with Crippen LogP contribution in [0.2, 0.25) is 0 Å². The van der Waals surface area contributed by atoms with Crippen molar-refractivity contribution in [1.29, 1.82) is 0 Å². The van der Waals surface area contributed by atoms with Crippen LogP contribution in [0.25, 0.3) is 10.8 Å². The Morgan fingerprint density at radius 3 is 2.48 bits per heavy atom. The van der Waals surface area contributed by atoms with Crippen molar-refractivity contribution in [2.75, 3.05) is 36.4 Å². The van der Waals surface area contributed by atoms with Crippen LogP contribution in [0.3, 0.4) is 0 Å². The quantitative estimate of drug-likeness (QED) is 0.597. The summed E-state index contributed by atoms with van der Waals surface area (Å²) >= 11 is 0. The zero-order valence-corrected chi connectivity index (χ0v) is 18.2. The monoisotopic (exact) mass is 460 g/mol. The second kappa shape index (κ2) is 9.93. The lowest BCUT2D eigenvalue weighted by molar-refractivity contribution is 0.192. The van der Waals surface area contributed by atoms with Crippen molar-refractivity contribution in [2.24, 2.45) is 0 Å². The smallest absolute Gasteiger partial charge is 0.225 e. The van der Waals surface area contributed by atoms with Gasteiger partial charge in [0.05, 0.1) is 18.6 Å². The molecule has 0 amide bonds. The molecular weight excluding hydrogens is 435 g/mol. The van der Waals surface area contributed by atoms with Gasteiger partial charge in [0, 0.05) is 37.8 Å². The van der Waals surface area contributed by atoms with Crippen LogP contribution in [0.5, 0.6) is 0 Å². The molecule has 1 saturated heterocycles. The van der Waals surface area contributed by atoms with Crippen LogP contribution in [0.1, 0.15) is 19.8 Å². The van der Waals surface area contributed by atoms with Crippen LogP contribution in [-0.2, 0) is 0 Å². The van der Waals surface area contributed by atoms with Crippen LogP contribution in [0.15, 0.2) is 48.9 Å². The number of pyridine rings is 1. The first-order valence-electron chi connectivity index (χ1n) is 9.81. The molecule has 1 aliphatic rings. The lowest BCUT2D eigenvalue weighted by atomic mass is 10.1. The van der Waals surface area contributed by atoms with Gasteiger partial charge in [0.2, 0.25) is 5.95 Å². The minimum atomic E-state index is -0.405. The second-order valence-corrected chi connectivity index (χ2v) is 7.05. The Labute approximate surface area is 180 Å². The number of hydrogen-bond donors (Lipinski definition) is 1. The summed E-state index contributed by atoms with van der Waals surface area (Å²) in [7, 11) is 0. The molecule has 0 spiro atoms. The molecule has 1 fully saturated rings. The highest BCUT2D eigenvalue weighted by Gasteiger charge is 2.25. The molecule has 1 aromatic carbocycles. The van der Waals surface area contributed by atoms with Gasteiger partial charge in [-0.3, -0.25) is 4.90 Å². The first kappa shape index (κ1) is 21.4. The van der Waals surface area contributed by atoms with E-state index in [4.69, 9.17) is 0 Å². The van der Waals surface area contributed by atoms with E-state index in [0.717, 1.165) is 50.2 Å². The fraction of sp³-hybridized carbons (Fsp3) is 0.381. The molecule has 1 unspecified atom stereocenters. The average Bonchev–Trinajstić information content (AvgIpc) is 2.74. The van der Waals surface area contributed by atoms with Crippen LogP contribution in [0.4, 0.5) is 16.2 Å². The maximum Gasteiger partial charge on any atom is 0.225 e. The van der Waals surface area contributed by atoms with Crippen molar-refractivity contribution in [1.82, 2.24) is 19.9 Å². The van der Waals surface area contributed by atoms with Crippen molar-refractivity contribution in [2.45, 2.75) is 25.9 Å². The van der Waals surface area contributed by atoms with Gasteiger partial charge in [0.1, 0.15) is 5.82 Å². The van der Waals surface area contributed by atoms with Gasteiger partial charge < -0.3 is 10.2 Å². The number of benzene rings is 1. The number of halogens is 2. The Hall–Kier alpha value is -2.32. The average molecular weight is 461 g/mol. The van der Waals surface area contributed by atoms with Gasteiger partial charge in [-0.05, 0) is 17.9 Å². The molecule has 0 bridgehead atoms. The molecule has 1 atom stereocenters. The third-order valence-electron chi connectivity index (χ3n) is 5.18. The summed E-state index contributed by atoms with van der Waals surface area (Å²) < 4.78 is 13.1. The molecule has 154 valence electrons. The van der Waals surface area contributed by atoms with Gasteiger partial charge >= 0.3 is 0 Å². The van der Waals surface area contributed by atoms with Crippen LogP contribution >= 0.6 is 17.0 Å². The topological polar surface area (TPSA) is 57.2 Å². The second-order valence-electron chi connectivity index (χ2n) is 7.05. The van der Waals surface area contributed by atoms with E-state index in [1.54, 1.807) is 0 Å². The zero-order valence-electron chi connectivity index (χ0n) is 16.5. The van der Waals surface area contributed by atoms with Crippen LogP contribution in [-0.4, -0.2) is 52.2 Å². The highest BCUT2D eigenvalue weighted by molar-refractivity contribution is 8.93. The van der Waals surface area contributed by atoms with Gasteiger partial charge in [-0.15, -0.1) is 17.0 Å². The van der Waals surface area contributed by atoms with Gasteiger partial charge in [-0.1, -0.05) is 37.6 Å². The summed E-state index contributed by atoms with van der Waals surface area (Å²) in [6, 6.07) is 10.4. The molecule has 1 N–H and O–H groups in total. The zero-order chi connectivity index (χ0) is 19.3. The Kier molecular flexibility index (Phi) is 7.33. The van der Waals surface area contributed by atoms with E-state index in [2.05, 4.69) is 49.1 Å². The number of nitrogens with zero attached hydrogens (tertiary/aromatic N) is 5.